The molecule has 0 amide bonds. The number of methoxy groups -OCH3 is 2. The summed E-state index contributed by atoms with van der Waals surface area (Å²) in [5.74, 6) is -1.44. The lowest BCUT2D eigenvalue weighted by atomic mass is 9.73. The van der Waals surface area contributed by atoms with Gasteiger partial charge in [-0.2, -0.15) is 0 Å². The van der Waals surface area contributed by atoms with E-state index < -0.39 is 5.79 Å². The van der Waals surface area contributed by atoms with Crippen molar-refractivity contribution >= 4 is 16.9 Å². The number of rotatable bonds is 4. The van der Waals surface area contributed by atoms with Crippen LogP contribution >= 0.6 is 0 Å². The van der Waals surface area contributed by atoms with E-state index in [0.29, 0.717) is 5.57 Å². The molecule has 0 spiro atoms. The molecule has 3 nitrogen and oxygen atoms in total. The molecule has 0 aromatic heterocycles. The van der Waals surface area contributed by atoms with E-state index in [-0.39, 0.29) is 5.78 Å². The zero-order chi connectivity index (χ0) is 14.9. The molecule has 0 bridgehead atoms. The van der Waals surface area contributed by atoms with Gasteiger partial charge in [0.1, 0.15) is 0 Å². The maximum atomic E-state index is 12.6. The number of benzene rings is 2. The molecule has 3 rings (SSSR count). The lowest BCUT2D eigenvalue weighted by molar-refractivity contribution is -0.180. The number of carbonyl (C=O) groups excluding carboxylic acids is 1. The molecule has 2 aromatic rings. The second kappa shape index (κ2) is 5.28. The van der Waals surface area contributed by atoms with Crippen molar-refractivity contribution in [1.82, 2.24) is 0 Å². The van der Waals surface area contributed by atoms with Crippen LogP contribution in [0.3, 0.4) is 0 Å². The summed E-state index contributed by atoms with van der Waals surface area (Å²) < 4.78 is 10.8. The van der Waals surface area contributed by atoms with Crippen LogP contribution in [0.4, 0.5) is 0 Å². The van der Waals surface area contributed by atoms with Crippen LogP contribution in [0.2, 0.25) is 0 Å². The van der Waals surface area contributed by atoms with Gasteiger partial charge in [0.15, 0.2) is 0 Å². The van der Waals surface area contributed by atoms with Gasteiger partial charge >= 0.3 is 0 Å². The van der Waals surface area contributed by atoms with E-state index in [1.54, 1.807) is 0 Å². The Kier molecular flexibility index (Phi) is 3.45. The molecule has 106 valence electrons. The van der Waals surface area contributed by atoms with Crippen LogP contribution in [0.1, 0.15) is 11.1 Å². The Balaban J connectivity index is 2.24. The molecule has 0 N–H and O–H groups in total. The minimum Gasteiger partial charge on any atom is -0.343 e. The monoisotopic (exact) mass is 280 g/mol. The number of carbonyl (C=O) groups is 1. The maximum Gasteiger partial charge on any atom is 0.262 e. The number of hydrogen-bond donors (Lipinski definition) is 0. The summed E-state index contributed by atoms with van der Waals surface area (Å²) in [7, 11) is 2.98. The highest BCUT2D eigenvalue weighted by molar-refractivity contribution is 6.43. The SMILES string of the molecule is COC1(OC)C(=O)C(c2ccccc2)=C1c1ccccc1. The molecule has 0 heterocycles. The Bertz CT molecular complexity index is 683. The highest BCUT2D eigenvalue weighted by Gasteiger charge is 2.56. The first-order valence-electron chi connectivity index (χ1n) is 6.75. The first kappa shape index (κ1) is 13.7. The topological polar surface area (TPSA) is 35.5 Å². The second-order valence-corrected chi connectivity index (χ2v) is 4.84. The van der Waals surface area contributed by atoms with Gasteiger partial charge in [-0.05, 0) is 11.1 Å². The van der Waals surface area contributed by atoms with E-state index in [4.69, 9.17) is 9.47 Å². The van der Waals surface area contributed by atoms with E-state index >= 15 is 0 Å². The van der Waals surface area contributed by atoms with Gasteiger partial charge in [0.25, 0.3) is 5.79 Å². The standard InChI is InChI=1S/C18H16O3/c1-20-18(21-2)16(14-11-7-4-8-12-14)15(17(18)19)13-9-5-3-6-10-13/h3-12H,1-2H3. The summed E-state index contributed by atoms with van der Waals surface area (Å²) in [4.78, 5) is 12.6. The number of ketones is 1. The van der Waals surface area contributed by atoms with Crippen LogP contribution < -0.4 is 0 Å². The van der Waals surface area contributed by atoms with Crippen LogP contribution in [0.25, 0.3) is 11.1 Å². The molecule has 0 saturated carbocycles. The highest BCUT2D eigenvalue weighted by Crippen LogP contribution is 2.49. The molecule has 0 radical (unpaired) electrons. The third kappa shape index (κ3) is 1.94. The summed E-state index contributed by atoms with van der Waals surface area (Å²) >= 11 is 0. The van der Waals surface area contributed by atoms with Crippen LogP contribution in [0.15, 0.2) is 60.7 Å². The summed E-state index contributed by atoms with van der Waals surface area (Å²) in [5.41, 5.74) is 3.25. The second-order valence-electron chi connectivity index (χ2n) is 4.84. The van der Waals surface area contributed by atoms with Gasteiger partial charge in [-0.25, -0.2) is 0 Å². The van der Waals surface area contributed by atoms with Gasteiger partial charge in [0.2, 0.25) is 5.78 Å². The van der Waals surface area contributed by atoms with Gasteiger partial charge in [-0.15, -0.1) is 0 Å². The Morgan fingerprint density at radius 1 is 0.762 bits per heavy atom. The summed E-state index contributed by atoms with van der Waals surface area (Å²) in [6.07, 6.45) is 0. The average molecular weight is 280 g/mol. The van der Waals surface area contributed by atoms with E-state index in [2.05, 4.69) is 0 Å². The predicted octanol–water partition coefficient (Wildman–Crippen LogP) is 3.17. The maximum absolute atomic E-state index is 12.6. The minimum absolute atomic E-state index is 0.141. The summed E-state index contributed by atoms with van der Waals surface area (Å²) in [6.45, 7) is 0. The van der Waals surface area contributed by atoms with Crippen molar-refractivity contribution in [3.8, 4) is 0 Å². The van der Waals surface area contributed by atoms with Crippen LogP contribution in [0.5, 0.6) is 0 Å². The lowest BCUT2D eigenvalue weighted by Crippen LogP contribution is -2.52. The van der Waals surface area contributed by atoms with Crippen molar-refractivity contribution in [3.63, 3.8) is 0 Å². The van der Waals surface area contributed by atoms with Gasteiger partial charge in [0.05, 0.1) is 0 Å². The zero-order valence-electron chi connectivity index (χ0n) is 12.0. The Hall–Kier alpha value is -2.23. The molecule has 0 aliphatic heterocycles. The van der Waals surface area contributed by atoms with Gasteiger partial charge in [0, 0.05) is 25.4 Å². The molecule has 21 heavy (non-hydrogen) atoms. The van der Waals surface area contributed by atoms with E-state index in [9.17, 15) is 4.79 Å². The molecule has 1 aliphatic rings. The molecule has 0 saturated heterocycles. The zero-order valence-corrected chi connectivity index (χ0v) is 12.0. The molecular formula is C18H16O3. The van der Waals surface area contributed by atoms with Crippen molar-refractivity contribution in [3.05, 3.63) is 71.8 Å². The average Bonchev–Trinajstić information content (AvgIpc) is 2.55. The van der Waals surface area contributed by atoms with Crippen molar-refractivity contribution in [2.24, 2.45) is 0 Å². The van der Waals surface area contributed by atoms with Crippen molar-refractivity contribution in [2.75, 3.05) is 14.2 Å². The normalized spacial score (nSPS) is 16.8. The van der Waals surface area contributed by atoms with Crippen molar-refractivity contribution in [1.29, 1.82) is 0 Å². The van der Waals surface area contributed by atoms with Gasteiger partial charge in [-0.1, -0.05) is 60.7 Å². The number of hydrogen-bond acceptors (Lipinski definition) is 3. The fraction of sp³-hybridized carbons (Fsp3) is 0.167. The molecule has 1 aliphatic carbocycles. The fourth-order valence-electron chi connectivity index (χ4n) is 2.79. The van der Waals surface area contributed by atoms with E-state index in [1.165, 1.54) is 14.2 Å². The van der Waals surface area contributed by atoms with Gasteiger partial charge in [-0.3, -0.25) is 4.79 Å². The Morgan fingerprint density at radius 2 is 1.24 bits per heavy atom. The van der Waals surface area contributed by atoms with E-state index in [1.807, 2.05) is 60.7 Å². The van der Waals surface area contributed by atoms with Crippen molar-refractivity contribution < 1.29 is 14.3 Å². The fourth-order valence-corrected chi connectivity index (χ4v) is 2.79. The Labute approximate surface area is 123 Å². The molecule has 0 atom stereocenters. The number of Topliss-reactive ketones (excluding diaryl/α,β-unsaturated/α-hetero) is 1. The predicted molar refractivity (Wildman–Crippen MR) is 81.5 cm³/mol. The third-order valence-corrected chi connectivity index (χ3v) is 3.80. The molecule has 0 unspecified atom stereocenters. The van der Waals surface area contributed by atoms with Crippen LogP contribution in [-0.2, 0) is 14.3 Å². The highest BCUT2D eigenvalue weighted by atomic mass is 16.7. The van der Waals surface area contributed by atoms with Gasteiger partial charge < -0.3 is 9.47 Å². The molecular weight excluding hydrogens is 264 g/mol. The first-order valence-corrected chi connectivity index (χ1v) is 6.75. The van der Waals surface area contributed by atoms with E-state index in [0.717, 1.165) is 16.7 Å². The quantitative estimate of drug-likeness (QED) is 0.807. The molecule has 0 fully saturated rings. The largest absolute Gasteiger partial charge is 0.343 e. The van der Waals surface area contributed by atoms with Crippen LogP contribution in [0, 0.1) is 0 Å². The first-order chi connectivity index (χ1) is 10.2. The molecule has 3 heteroatoms. The minimum atomic E-state index is -1.30. The van der Waals surface area contributed by atoms with Crippen LogP contribution in [-0.4, -0.2) is 25.8 Å². The number of ether oxygens (including phenoxy) is 2. The molecule has 2 aromatic carbocycles. The lowest BCUT2D eigenvalue weighted by Gasteiger charge is -2.41. The van der Waals surface area contributed by atoms with Crippen molar-refractivity contribution in [2.45, 2.75) is 5.79 Å². The summed E-state index contributed by atoms with van der Waals surface area (Å²) in [6, 6.07) is 19.3. The smallest absolute Gasteiger partial charge is 0.262 e. The third-order valence-electron chi connectivity index (χ3n) is 3.80. The Morgan fingerprint density at radius 3 is 1.71 bits per heavy atom. The summed E-state index contributed by atoms with van der Waals surface area (Å²) in [5, 5.41) is 0.